The Morgan fingerprint density at radius 2 is 1.80 bits per heavy atom. The second-order valence-corrected chi connectivity index (χ2v) is 5.32. The summed E-state index contributed by atoms with van der Waals surface area (Å²) in [6.07, 6.45) is 0.835. The molecule has 0 aromatic rings. The molecular formula is C4H8Cl3O2P. The van der Waals surface area contributed by atoms with Gasteiger partial charge in [-0.25, -0.2) is 0 Å². The fourth-order valence-electron chi connectivity index (χ4n) is 0.396. The maximum absolute atomic E-state index is 10.3. The van der Waals surface area contributed by atoms with Crippen LogP contribution in [0.2, 0.25) is 0 Å². The van der Waals surface area contributed by atoms with Gasteiger partial charge in [0.05, 0.1) is 0 Å². The largest absolute Gasteiger partial charge is 0.345 e. The van der Waals surface area contributed by atoms with Crippen molar-refractivity contribution in [2.45, 2.75) is 22.8 Å². The van der Waals surface area contributed by atoms with Gasteiger partial charge in [-0.3, -0.25) is 4.57 Å². The highest BCUT2D eigenvalue weighted by Crippen LogP contribution is 2.31. The van der Waals surface area contributed by atoms with Crippen LogP contribution in [-0.2, 0) is 4.57 Å². The van der Waals surface area contributed by atoms with Crippen molar-refractivity contribution >= 4 is 42.8 Å². The van der Waals surface area contributed by atoms with Crippen molar-refractivity contribution < 1.29 is 9.46 Å². The Kier molecular flexibility index (Phi) is 6.28. The number of rotatable bonds is 4. The lowest BCUT2D eigenvalue weighted by molar-refractivity contribution is 0.496. The Morgan fingerprint density at radius 3 is 2.10 bits per heavy atom. The number of alkyl halides is 3. The Morgan fingerprint density at radius 1 is 1.30 bits per heavy atom. The van der Waals surface area contributed by atoms with Gasteiger partial charge in [-0.2, -0.15) is 0 Å². The third-order valence-corrected chi connectivity index (χ3v) is 2.95. The molecule has 0 spiro atoms. The minimum Gasteiger partial charge on any atom is -0.345 e. The van der Waals surface area contributed by atoms with Gasteiger partial charge in [0.1, 0.15) is 9.95 Å². The zero-order valence-electron chi connectivity index (χ0n) is 5.06. The monoisotopic (exact) mass is 224 g/mol. The van der Waals surface area contributed by atoms with Crippen molar-refractivity contribution in [2.24, 2.45) is 0 Å². The zero-order chi connectivity index (χ0) is 8.15. The smallest absolute Gasteiger partial charge is 0.206 e. The first-order chi connectivity index (χ1) is 4.54. The van der Waals surface area contributed by atoms with E-state index in [1.54, 1.807) is 0 Å². The third-order valence-electron chi connectivity index (χ3n) is 0.906. The van der Waals surface area contributed by atoms with Crippen LogP contribution in [0, 0.1) is 0 Å². The molecule has 0 aromatic heterocycles. The number of halogens is 3. The van der Waals surface area contributed by atoms with Crippen LogP contribution in [0.25, 0.3) is 0 Å². The van der Waals surface area contributed by atoms with Crippen LogP contribution in [0.1, 0.15) is 12.8 Å². The average Bonchev–Trinajstić information content (AvgIpc) is 1.82. The molecule has 6 heteroatoms. The van der Waals surface area contributed by atoms with Gasteiger partial charge in [0.25, 0.3) is 0 Å². The van der Waals surface area contributed by atoms with Crippen LogP contribution in [-0.4, -0.2) is 14.8 Å². The first-order valence-electron chi connectivity index (χ1n) is 2.69. The minimum absolute atomic E-state index is 0.382. The summed E-state index contributed by atoms with van der Waals surface area (Å²) in [6, 6.07) is 0. The van der Waals surface area contributed by atoms with Crippen LogP contribution in [0.4, 0.5) is 0 Å². The minimum atomic E-state index is -2.61. The lowest BCUT2D eigenvalue weighted by atomic mass is 10.4. The molecule has 0 bridgehead atoms. The van der Waals surface area contributed by atoms with E-state index in [1.807, 2.05) is 0 Å². The van der Waals surface area contributed by atoms with Crippen LogP contribution in [0.15, 0.2) is 0 Å². The van der Waals surface area contributed by atoms with E-state index in [2.05, 4.69) is 0 Å². The molecule has 0 heterocycles. The van der Waals surface area contributed by atoms with Gasteiger partial charge in [-0.1, -0.05) is 0 Å². The second-order valence-electron chi connectivity index (χ2n) is 1.77. The highest BCUT2D eigenvalue weighted by atomic mass is 35.5. The van der Waals surface area contributed by atoms with Crippen molar-refractivity contribution in [3.63, 3.8) is 0 Å². The molecule has 10 heavy (non-hydrogen) atoms. The van der Waals surface area contributed by atoms with Crippen LogP contribution in [0.3, 0.4) is 0 Å². The fraction of sp³-hybridized carbons (Fsp3) is 1.00. The van der Waals surface area contributed by atoms with E-state index in [-0.39, 0.29) is 0 Å². The van der Waals surface area contributed by atoms with E-state index >= 15 is 0 Å². The molecule has 0 rings (SSSR count). The van der Waals surface area contributed by atoms with Crippen LogP contribution < -0.4 is 0 Å². The van der Waals surface area contributed by atoms with E-state index in [4.69, 9.17) is 39.7 Å². The summed E-state index contributed by atoms with van der Waals surface area (Å²) in [7, 11) is -2.61. The van der Waals surface area contributed by atoms with Gasteiger partial charge in [-0.05, 0) is 12.8 Å². The molecule has 0 aromatic carbocycles. The predicted octanol–water partition coefficient (Wildman–Crippen LogP) is 2.60. The first-order valence-corrected chi connectivity index (χ1v) is 5.43. The van der Waals surface area contributed by atoms with E-state index in [9.17, 15) is 4.57 Å². The molecule has 0 radical (unpaired) electrons. The molecule has 2 unspecified atom stereocenters. The molecule has 0 aliphatic rings. The zero-order valence-corrected chi connectivity index (χ0v) is 8.33. The summed E-state index contributed by atoms with van der Waals surface area (Å²) in [5.74, 6) is 0. The van der Waals surface area contributed by atoms with Crippen LogP contribution >= 0.6 is 42.8 Å². The van der Waals surface area contributed by atoms with E-state index in [1.165, 1.54) is 0 Å². The lowest BCUT2D eigenvalue weighted by Crippen LogP contribution is -1.95. The van der Waals surface area contributed by atoms with Crippen molar-refractivity contribution in [1.82, 2.24) is 0 Å². The lowest BCUT2D eigenvalue weighted by Gasteiger charge is -2.04. The summed E-state index contributed by atoms with van der Waals surface area (Å²) in [5.41, 5.74) is 0. The van der Waals surface area contributed by atoms with Gasteiger partial charge >= 0.3 is 0 Å². The summed E-state index contributed by atoms with van der Waals surface area (Å²) in [6.45, 7) is 0. The third kappa shape index (κ3) is 5.82. The molecule has 0 aliphatic heterocycles. The van der Waals surface area contributed by atoms with Crippen molar-refractivity contribution in [3.8, 4) is 0 Å². The Bertz CT molecular complexity index is 119. The van der Waals surface area contributed by atoms with E-state index in [0.717, 1.165) is 0 Å². The molecule has 62 valence electrons. The van der Waals surface area contributed by atoms with Crippen molar-refractivity contribution in [1.29, 1.82) is 0 Å². The molecule has 0 fully saturated rings. The molecule has 0 saturated carbocycles. The normalized spacial score (nSPS) is 17.3. The fourth-order valence-corrected chi connectivity index (χ4v) is 1.19. The molecule has 0 aliphatic carbocycles. The first kappa shape index (κ1) is 11.1. The average molecular weight is 225 g/mol. The Labute approximate surface area is 75.3 Å². The molecular weight excluding hydrogens is 217 g/mol. The summed E-state index contributed by atoms with van der Waals surface area (Å²) >= 11 is 16.1. The Balaban J connectivity index is 3.40. The SMILES string of the molecule is O=[PH](O)C(Cl)CCC(Cl)Cl. The van der Waals surface area contributed by atoms with Crippen molar-refractivity contribution in [2.75, 3.05) is 0 Å². The van der Waals surface area contributed by atoms with Gasteiger partial charge in [0, 0.05) is 0 Å². The second kappa shape index (κ2) is 5.68. The van der Waals surface area contributed by atoms with Gasteiger partial charge in [0.15, 0.2) is 0 Å². The summed E-state index contributed by atoms with van der Waals surface area (Å²) in [4.78, 5) is 7.96. The highest BCUT2D eigenvalue weighted by Gasteiger charge is 2.11. The Hall–Kier alpha value is 1.06. The van der Waals surface area contributed by atoms with Crippen LogP contribution in [0.5, 0.6) is 0 Å². The van der Waals surface area contributed by atoms with E-state index in [0.29, 0.717) is 12.8 Å². The number of hydrogen-bond donors (Lipinski definition) is 1. The predicted molar refractivity (Wildman–Crippen MR) is 45.6 cm³/mol. The molecule has 0 saturated heterocycles. The molecule has 2 atom stereocenters. The molecule has 2 nitrogen and oxygen atoms in total. The van der Waals surface area contributed by atoms with Crippen molar-refractivity contribution in [3.05, 3.63) is 0 Å². The van der Waals surface area contributed by atoms with Gasteiger partial charge in [-0.15, -0.1) is 34.8 Å². The summed E-state index contributed by atoms with van der Waals surface area (Å²) < 4.78 is 10.3. The highest BCUT2D eigenvalue weighted by molar-refractivity contribution is 7.41. The molecule has 1 N–H and O–H groups in total. The van der Waals surface area contributed by atoms with Gasteiger partial charge < -0.3 is 4.89 Å². The number of hydrogen-bond acceptors (Lipinski definition) is 1. The topological polar surface area (TPSA) is 37.3 Å². The standard InChI is InChI=1S/C4H8Cl3O2P/c5-3(6)1-2-4(7)10(8)9/h3-4,10H,1-2H2,(H,8,9). The van der Waals surface area contributed by atoms with Gasteiger partial charge in [0.2, 0.25) is 8.03 Å². The quantitative estimate of drug-likeness (QED) is 0.590. The van der Waals surface area contributed by atoms with E-state index < -0.39 is 18.0 Å². The molecule has 0 amide bonds. The maximum atomic E-state index is 10.3. The maximum Gasteiger partial charge on any atom is 0.206 e. The summed E-state index contributed by atoms with van der Waals surface area (Å²) in [5, 5.41) is -0.690.